The van der Waals surface area contributed by atoms with E-state index < -0.39 is 33.3 Å². The van der Waals surface area contributed by atoms with E-state index >= 15 is 0 Å². The molecule has 1 aliphatic rings. The molecule has 1 heterocycles. The predicted octanol–water partition coefficient (Wildman–Crippen LogP) is 1.93. The Kier molecular flexibility index (Phi) is 7.10. The van der Waals surface area contributed by atoms with Gasteiger partial charge in [0.25, 0.3) is 23.1 Å². The number of Topliss-reactive ketones (excluding diaryl/α,β-unsaturated/α-hetero) is 1. The molecule has 3 rings (SSSR count). The van der Waals surface area contributed by atoms with Crippen molar-refractivity contribution in [3.63, 3.8) is 0 Å². The lowest BCUT2D eigenvalue weighted by Gasteiger charge is -2.25. The molecule has 2 N–H and O–H groups in total. The van der Waals surface area contributed by atoms with E-state index in [4.69, 9.17) is 9.84 Å². The number of ether oxygens (including phenoxy) is 1. The Hall–Kier alpha value is -4.16. The van der Waals surface area contributed by atoms with Crippen LogP contribution < -0.4 is 0 Å². The van der Waals surface area contributed by atoms with Crippen molar-refractivity contribution in [1.82, 2.24) is 4.90 Å². The van der Waals surface area contributed by atoms with Crippen molar-refractivity contribution >= 4 is 28.8 Å². The number of nitro benzene ring substituents is 2. The molecule has 2 aromatic rings. The fraction of sp³-hybridized carbons (Fsp3) is 0.238. The molecule has 0 radical (unpaired) electrons. The van der Waals surface area contributed by atoms with Gasteiger partial charge in [0.15, 0.2) is 0 Å². The largest absolute Gasteiger partial charge is 0.507 e. The minimum absolute atomic E-state index is 0.00813. The highest BCUT2D eigenvalue weighted by Gasteiger charge is 2.46. The van der Waals surface area contributed by atoms with Crippen molar-refractivity contribution < 1.29 is 34.4 Å². The molecule has 0 aromatic heterocycles. The number of benzene rings is 2. The zero-order valence-corrected chi connectivity index (χ0v) is 17.1. The van der Waals surface area contributed by atoms with E-state index in [9.17, 15) is 34.9 Å². The highest BCUT2D eigenvalue weighted by Crippen LogP contribution is 2.40. The van der Waals surface area contributed by atoms with Crippen LogP contribution >= 0.6 is 0 Å². The van der Waals surface area contributed by atoms with Gasteiger partial charge in [-0.25, -0.2) is 0 Å². The molecule has 172 valence electrons. The number of aliphatic hydroxyl groups excluding tert-OH is 2. The van der Waals surface area contributed by atoms with Crippen molar-refractivity contribution in [2.45, 2.75) is 6.04 Å². The van der Waals surface area contributed by atoms with Crippen molar-refractivity contribution in [3.05, 3.63) is 85.5 Å². The molecule has 1 aliphatic heterocycles. The quantitative estimate of drug-likeness (QED) is 0.142. The molecule has 0 spiro atoms. The third kappa shape index (κ3) is 4.86. The summed E-state index contributed by atoms with van der Waals surface area (Å²) in [4.78, 5) is 47.6. The molecule has 1 saturated heterocycles. The first-order chi connectivity index (χ1) is 15.8. The number of aliphatic hydroxyl groups is 2. The van der Waals surface area contributed by atoms with Gasteiger partial charge in [0.05, 0.1) is 41.3 Å². The lowest BCUT2D eigenvalue weighted by Crippen LogP contribution is -2.33. The summed E-state index contributed by atoms with van der Waals surface area (Å²) in [5, 5.41) is 41.9. The van der Waals surface area contributed by atoms with Crippen molar-refractivity contribution in [2.75, 3.05) is 26.4 Å². The normalized spacial score (nSPS) is 17.4. The molecule has 12 nitrogen and oxygen atoms in total. The van der Waals surface area contributed by atoms with Crippen molar-refractivity contribution in [1.29, 1.82) is 0 Å². The number of hydrogen-bond acceptors (Lipinski definition) is 9. The third-order valence-electron chi connectivity index (χ3n) is 5.00. The molecule has 2 aromatic carbocycles. The number of nitrogens with zero attached hydrogens (tertiary/aromatic N) is 3. The van der Waals surface area contributed by atoms with Gasteiger partial charge in [-0.1, -0.05) is 12.1 Å². The third-order valence-corrected chi connectivity index (χ3v) is 5.00. The van der Waals surface area contributed by atoms with E-state index in [1.165, 1.54) is 36.4 Å². The van der Waals surface area contributed by atoms with E-state index in [1.807, 2.05) is 0 Å². The Balaban J connectivity index is 2.11. The number of ketones is 1. The van der Waals surface area contributed by atoms with Crippen LogP contribution in [0.4, 0.5) is 11.4 Å². The van der Waals surface area contributed by atoms with Gasteiger partial charge in [0.2, 0.25) is 0 Å². The van der Waals surface area contributed by atoms with Gasteiger partial charge in [0.1, 0.15) is 5.76 Å². The lowest BCUT2D eigenvalue weighted by molar-refractivity contribution is -0.385. The SMILES string of the molecule is O=C1C(=O)N(CCOCCO)C(c2cccc([N+](=O)[O-])c2)/C1=C(/O)c1ccc([N+](=O)[O-])cc1. The number of rotatable bonds is 9. The van der Waals surface area contributed by atoms with Crippen LogP contribution in [0, 0.1) is 20.2 Å². The molecule has 0 bridgehead atoms. The average Bonchev–Trinajstić information content (AvgIpc) is 3.06. The second-order valence-electron chi connectivity index (χ2n) is 6.98. The molecule has 1 fully saturated rings. The lowest BCUT2D eigenvalue weighted by atomic mass is 9.95. The number of nitro groups is 2. The monoisotopic (exact) mass is 457 g/mol. The maximum Gasteiger partial charge on any atom is 0.295 e. The number of amides is 1. The van der Waals surface area contributed by atoms with E-state index in [0.717, 1.165) is 17.0 Å². The highest BCUT2D eigenvalue weighted by atomic mass is 16.6. The van der Waals surface area contributed by atoms with Gasteiger partial charge in [-0.15, -0.1) is 0 Å². The van der Waals surface area contributed by atoms with Crippen molar-refractivity contribution in [3.8, 4) is 0 Å². The van der Waals surface area contributed by atoms with Crippen LogP contribution in [0.3, 0.4) is 0 Å². The van der Waals surface area contributed by atoms with Gasteiger partial charge in [-0.05, 0) is 17.7 Å². The van der Waals surface area contributed by atoms with Crippen LogP contribution in [0.15, 0.2) is 54.1 Å². The van der Waals surface area contributed by atoms with Crippen LogP contribution in [0.2, 0.25) is 0 Å². The molecule has 1 atom stereocenters. The van der Waals surface area contributed by atoms with E-state index in [-0.39, 0.29) is 54.4 Å². The molecule has 33 heavy (non-hydrogen) atoms. The Bertz CT molecular complexity index is 1130. The Morgan fingerprint density at radius 2 is 1.67 bits per heavy atom. The summed E-state index contributed by atoms with van der Waals surface area (Å²) >= 11 is 0. The first-order valence-electron chi connectivity index (χ1n) is 9.72. The summed E-state index contributed by atoms with van der Waals surface area (Å²) in [5.41, 5.74) is -0.538. The minimum Gasteiger partial charge on any atom is -0.507 e. The van der Waals surface area contributed by atoms with Crippen LogP contribution in [-0.2, 0) is 14.3 Å². The zero-order chi connectivity index (χ0) is 24.1. The second kappa shape index (κ2) is 9.97. The Morgan fingerprint density at radius 3 is 2.27 bits per heavy atom. The Morgan fingerprint density at radius 1 is 1.00 bits per heavy atom. The first kappa shape index (κ1) is 23.5. The summed E-state index contributed by atoms with van der Waals surface area (Å²) in [6.45, 7) is -0.354. The van der Waals surface area contributed by atoms with Crippen LogP contribution in [0.25, 0.3) is 5.76 Å². The molecule has 0 aliphatic carbocycles. The van der Waals surface area contributed by atoms with E-state index in [0.29, 0.717) is 0 Å². The average molecular weight is 457 g/mol. The molecule has 1 amide bonds. The highest BCUT2D eigenvalue weighted by molar-refractivity contribution is 6.46. The Labute approximate surface area is 186 Å². The smallest absolute Gasteiger partial charge is 0.295 e. The van der Waals surface area contributed by atoms with Crippen LogP contribution in [0.1, 0.15) is 17.2 Å². The molecule has 1 unspecified atom stereocenters. The number of likely N-dealkylation sites (tertiary alicyclic amines) is 1. The van der Waals surface area contributed by atoms with Crippen molar-refractivity contribution in [2.24, 2.45) is 0 Å². The summed E-state index contributed by atoms with van der Waals surface area (Å²) in [6, 6.07) is 8.89. The van der Waals surface area contributed by atoms with Crippen LogP contribution in [0.5, 0.6) is 0 Å². The fourth-order valence-corrected chi connectivity index (χ4v) is 3.49. The van der Waals surface area contributed by atoms with E-state index in [1.54, 1.807) is 0 Å². The van der Waals surface area contributed by atoms with E-state index in [2.05, 4.69) is 0 Å². The van der Waals surface area contributed by atoms with Gasteiger partial charge < -0.3 is 19.8 Å². The number of non-ortho nitro benzene ring substituents is 2. The molecular formula is C21H19N3O9. The number of hydrogen-bond donors (Lipinski definition) is 2. The van der Waals surface area contributed by atoms with Gasteiger partial charge in [-0.2, -0.15) is 0 Å². The summed E-state index contributed by atoms with van der Waals surface area (Å²) in [5.74, 6) is -2.52. The summed E-state index contributed by atoms with van der Waals surface area (Å²) in [7, 11) is 0. The van der Waals surface area contributed by atoms with Gasteiger partial charge in [-0.3, -0.25) is 29.8 Å². The number of carbonyl (C=O) groups is 2. The summed E-state index contributed by atoms with van der Waals surface area (Å²) in [6.07, 6.45) is 0. The summed E-state index contributed by atoms with van der Waals surface area (Å²) < 4.78 is 5.18. The standard InChI is InChI=1S/C21H19N3O9/c25-9-11-33-10-8-22-18(14-2-1-3-16(12-14)24(31)32)17(20(27)21(22)28)19(26)13-4-6-15(7-5-13)23(29)30/h1-7,12,18,25-26H,8-11H2/b19-17-. The minimum atomic E-state index is -1.15. The zero-order valence-electron chi connectivity index (χ0n) is 17.1. The topological polar surface area (TPSA) is 173 Å². The van der Waals surface area contributed by atoms with Gasteiger partial charge >= 0.3 is 0 Å². The van der Waals surface area contributed by atoms with Crippen LogP contribution in [-0.4, -0.2) is 63.0 Å². The predicted molar refractivity (Wildman–Crippen MR) is 113 cm³/mol. The molecule has 0 saturated carbocycles. The van der Waals surface area contributed by atoms with Gasteiger partial charge in [0, 0.05) is 36.4 Å². The maximum absolute atomic E-state index is 12.9. The second-order valence-corrected chi connectivity index (χ2v) is 6.98. The molecule has 12 heteroatoms. The number of carbonyl (C=O) groups excluding carboxylic acids is 2. The first-order valence-corrected chi connectivity index (χ1v) is 9.72. The maximum atomic E-state index is 12.9. The molecular weight excluding hydrogens is 438 g/mol. The fourth-order valence-electron chi connectivity index (χ4n) is 3.49.